The quantitative estimate of drug-likeness (QED) is 0.823. The predicted molar refractivity (Wildman–Crippen MR) is 88.4 cm³/mol. The zero-order valence-electron chi connectivity index (χ0n) is 13.3. The van der Waals surface area contributed by atoms with Crippen LogP contribution in [0.2, 0.25) is 0 Å². The Kier molecular flexibility index (Phi) is 4.65. The Labute approximate surface area is 139 Å². The molecule has 0 radical (unpaired) electrons. The van der Waals surface area contributed by atoms with Crippen molar-refractivity contribution in [1.82, 2.24) is 10.6 Å². The van der Waals surface area contributed by atoms with E-state index in [2.05, 4.69) is 10.6 Å². The molecule has 3 rings (SSSR count). The molecule has 6 nitrogen and oxygen atoms in total. The van der Waals surface area contributed by atoms with Crippen molar-refractivity contribution < 1.29 is 19.1 Å². The molecule has 124 valence electrons. The summed E-state index contributed by atoms with van der Waals surface area (Å²) >= 11 is 0. The number of carbonyl (C=O) groups is 2. The maximum atomic E-state index is 12.1. The highest BCUT2D eigenvalue weighted by Crippen LogP contribution is 2.32. The molecule has 1 aliphatic heterocycles. The fraction of sp³-hybridized carbons (Fsp3) is 0.222. The number of amides is 2. The number of hydrogen-bond donors (Lipinski definition) is 2. The summed E-state index contributed by atoms with van der Waals surface area (Å²) in [6.45, 7) is 2.79. The largest absolute Gasteiger partial charge is 0.454 e. The molecule has 24 heavy (non-hydrogen) atoms. The highest BCUT2D eigenvalue weighted by molar-refractivity contribution is 5.95. The van der Waals surface area contributed by atoms with E-state index in [-0.39, 0.29) is 18.6 Å². The van der Waals surface area contributed by atoms with Crippen molar-refractivity contribution in [2.75, 3.05) is 19.9 Å². The maximum Gasteiger partial charge on any atom is 0.251 e. The van der Waals surface area contributed by atoms with Crippen LogP contribution in [0.15, 0.2) is 42.5 Å². The number of nitrogens with one attached hydrogen (secondary N) is 2. The Balaban J connectivity index is 1.46. The molecule has 2 amide bonds. The van der Waals surface area contributed by atoms with Gasteiger partial charge in [0.15, 0.2) is 11.5 Å². The van der Waals surface area contributed by atoms with Gasteiger partial charge in [-0.1, -0.05) is 17.7 Å². The van der Waals surface area contributed by atoms with Crippen molar-refractivity contribution in [3.63, 3.8) is 0 Å². The minimum atomic E-state index is -0.224. The molecule has 1 aliphatic rings. The van der Waals surface area contributed by atoms with Gasteiger partial charge in [-0.2, -0.15) is 0 Å². The van der Waals surface area contributed by atoms with Crippen LogP contribution in [-0.4, -0.2) is 31.7 Å². The number of rotatable bonds is 5. The van der Waals surface area contributed by atoms with E-state index < -0.39 is 0 Å². The molecule has 0 spiro atoms. The van der Waals surface area contributed by atoms with Crippen LogP contribution in [0.3, 0.4) is 0 Å². The second-order valence-corrected chi connectivity index (χ2v) is 5.45. The van der Waals surface area contributed by atoms with Crippen LogP contribution in [0, 0.1) is 6.92 Å². The number of ether oxygens (including phenoxy) is 2. The minimum Gasteiger partial charge on any atom is -0.454 e. The SMILES string of the molecule is Cc1cccc(C(=O)NCCNC(=O)c2ccc3c(c2)OCO3)c1. The minimum absolute atomic E-state index is 0.156. The standard InChI is InChI=1S/C18H18N2O4/c1-12-3-2-4-13(9-12)17(21)19-7-8-20-18(22)14-5-6-15-16(10-14)24-11-23-15/h2-6,9-10H,7-8,11H2,1H3,(H,19,21)(H,20,22). The first-order valence-electron chi connectivity index (χ1n) is 7.66. The smallest absolute Gasteiger partial charge is 0.251 e. The third-order valence-electron chi connectivity index (χ3n) is 3.61. The number of hydrogen-bond acceptors (Lipinski definition) is 4. The number of carbonyl (C=O) groups excluding carboxylic acids is 2. The van der Waals surface area contributed by atoms with E-state index >= 15 is 0 Å². The maximum absolute atomic E-state index is 12.1. The van der Waals surface area contributed by atoms with E-state index in [1.54, 1.807) is 24.3 Å². The molecule has 2 N–H and O–H groups in total. The van der Waals surface area contributed by atoms with Crippen molar-refractivity contribution in [1.29, 1.82) is 0 Å². The van der Waals surface area contributed by atoms with Crippen molar-refractivity contribution in [2.24, 2.45) is 0 Å². The van der Waals surface area contributed by atoms with Crippen LogP contribution >= 0.6 is 0 Å². The van der Waals surface area contributed by atoms with E-state index in [9.17, 15) is 9.59 Å². The second kappa shape index (κ2) is 7.04. The van der Waals surface area contributed by atoms with E-state index in [4.69, 9.17) is 9.47 Å². The first-order valence-corrected chi connectivity index (χ1v) is 7.66. The van der Waals surface area contributed by atoms with Gasteiger partial charge in [-0.25, -0.2) is 0 Å². The van der Waals surface area contributed by atoms with Crippen LogP contribution in [0.4, 0.5) is 0 Å². The molecule has 2 aromatic rings. The zero-order chi connectivity index (χ0) is 16.9. The Morgan fingerprint density at radius 2 is 1.58 bits per heavy atom. The summed E-state index contributed by atoms with van der Waals surface area (Å²) in [5.74, 6) is 0.821. The molecular weight excluding hydrogens is 308 g/mol. The van der Waals surface area contributed by atoms with E-state index in [1.807, 2.05) is 25.1 Å². The van der Waals surface area contributed by atoms with Crippen molar-refractivity contribution in [3.05, 3.63) is 59.2 Å². The van der Waals surface area contributed by atoms with Gasteiger partial charge in [-0.3, -0.25) is 9.59 Å². The lowest BCUT2D eigenvalue weighted by Crippen LogP contribution is -2.34. The molecular formula is C18H18N2O4. The van der Waals surface area contributed by atoms with Crippen LogP contribution in [0.25, 0.3) is 0 Å². The third-order valence-corrected chi connectivity index (χ3v) is 3.61. The highest BCUT2D eigenvalue weighted by Gasteiger charge is 2.16. The van der Waals surface area contributed by atoms with Crippen LogP contribution < -0.4 is 20.1 Å². The second-order valence-electron chi connectivity index (χ2n) is 5.45. The number of fused-ring (bicyclic) bond motifs is 1. The van der Waals surface area contributed by atoms with Gasteiger partial charge in [0, 0.05) is 24.2 Å². The Bertz CT molecular complexity index is 773. The van der Waals surface area contributed by atoms with E-state index in [0.717, 1.165) is 5.56 Å². The molecule has 0 bridgehead atoms. The van der Waals surface area contributed by atoms with Gasteiger partial charge in [0.25, 0.3) is 11.8 Å². The Morgan fingerprint density at radius 1 is 0.917 bits per heavy atom. The fourth-order valence-corrected chi connectivity index (χ4v) is 2.38. The molecule has 0 saturated heterocycles. The molecule has 1 heterocycles. The van der Waals surface area contributed by atoms with E-state index in [0.29, 0.717) is 35.7 Å². The number of aryl methyl sites for hydroxylation is 1. The summed E-state index contributed by atoms with van der Waals surface area (Å²) in [7, 11) is 0. The monoisotopic (exact) mass is 326 g/mol. The topological polar surface area (TPSA) is 76.7 Å². The normalized spacial score (nSPS) is 11.9. The number of benzene rings is 2. The molecule has 0 aliphatic carbocycles. The van der Waals surface area contributed by atoms with Crippen LogP contribution in [0.5, 0.6) is 11.5 Å². The highest BCUT2D eigenvalue weighted by atomic mass is 16.7. The molecule has 0 saturated carbocycles. The van der Waals surface area contributed by atoms with Crippen molar-refractivity contribution in [3.8, 4) is 11.5 Å². The van der Waals surface area contributed by atoms with Crippen molar-refractivity contribution >= 4 is 11.8 Å². The molecule has 2 aromatic carbocycles. The summed E-state index contributed by atoms with van der Waals surface area (Å²) in [6.07, 6.45) is 0. The molecule has 0 atom stereocenters. The first kappa shape index (κ1) is 15.9. The average Bonchev–Trinajstić information content (AvgIpc) is 3.06. The zero-order valence-corrected chi connectivity index (χ0v) is 13.3. The average molecular weight is 326 g/mol. The lowest BCUT2D eigenvalue weighted by Gasteiger charge is -2.08. The van der Waals surface area contributed by atoms with Gasteiger partial charge in [-0.15, -0.1) is 0 Å². The Morgan fingerprint density at radius 3 is 2.29 bits per heavy atom. The first-order chi connectivity index (χ1) is 11.6. The van der Waals surface area contributed by atoms with Crippen LogP contribution in [-0.2, 0) is 0 Å². The van der Waals surface area contributed by atoms with Gasteiger partial charge >= 0.3 is 0 Å². The summed E-state index contributed by atoms with van der Waals surface area (Å²) in [5, 5.41) is 5.53. The van der Waals surface area contributed by atoms with Gasteiger partial charge in [0.1, 0.15) is 0 Å². The third kappa shape index (κ3) is 3.65. The molecule has 0 aromatic heterocycles. The molecule has 0 unspecified atom stereocenters. The van der Waals surface area contributed by atoms with Gasteiger partial charge < -0.3 is 20.1 Å². The molecule has 6 heteroatoms. The van der Waals surface area contributed by atoms with Crippen molar-refractivity contribution in [2.45, 2.75) is 6.92 Å². The molecule has 0 fully saturated rings. The summed E-state index contributed by atoms with van der Waals surface area (Å²) in [6, 6.07) is 12.4. The van der Waals surface area contributed by atoms with Gasteiger partial charge in [-0.05, 0) is 37.3 Å². The van der Waals surface area contributed by atoms with Gasteiger partial charge in [0.2, 0.25) is 6.79 Å². The van der Waals surface area contributed by atoms with Gasteiger partial charge in [0.05, 0.1) is 0 Å². The lowest BCUT2D eigenvalue weighted by molar-refractivity contribution is 0.0927. The fourth-order valence-electron chi connectivity index (χ4n) is 2.38. The lowest BCUT2D eigenvalue weighted by atomic mass is 10.1. The van der Waals surface area contributed by atoms with Crippen LogP contribution in [0.1, 0.15) is 26.3 Å². The predicted octanol–water partition coefficient (Wildman–Crippen LogP) is 1.88. The van der Waals surface area contributed by atoms with E-state index in [1.165, 1.54) is 0 Å². The summed E-state index contributed by atoms with van der Waals surface area (Å²) < 4.78 is 10.5. The summed E-state index contributed by atoms with van der Waals surface area (Å²) in [4.78, 5) is 24.1. The Hall–Kier alpha value is -3.02. The summed E-state index contributed by atoms with van der Waals surface area (Å²) in [5.41, 5.74) is 2.13.